The van der Waals surface area contributed by atoms with Crippen molar-refractivity contribution in [3.8, 4) is 5.75 Å². The predicted octanol–water partition coefficient (Wildman–Crippen LogP) is 2.53. The number of hydrogen-bond acceptors (Lipinski definition) is 3. The fourth-order valence-electron chi connectivity index (χ4n) is 2.93. The second kappa shape index (κ2) is 6.74. The van der Waals surface area contributed by atoms with E-state index in [1.54, 1.807) is 31.2 Å². The van der Waals surface area contributed by atoms with Crippen molar-refractivity contribution in [2.24, 2.45) is 0 Å². The molecule has 0 fully saturated rings. The zero-order valence-corrected chi connectivity index (χ0v) is 13.8. The number of amides is 2. The normalized spacial score (nSPS) is 13.4. The number of rotatable bonds is 4. The Kier molecular flexibility index (Phi) is 4.51. The highest BCUT2D eigenvalue weighted by molar-refractivity contribution is 5.97. The van der Waals surface area contributed by atoms with Gasteiger partial charge in [0.15, 0.2) is 0 Å². The predicted molar refractivity (Wildman–Crippen MR) is 92.3 cm³/mol. The first-order valence-electron chi connectivity index (χ1n) is 7.89. The van der Waals surface area contributed by atoms with E-state index in [-0.39, 0.29) is 11.8 Å². The maximum atomic E-state index is 12.3. The van der Waals surface area contributed by atoms with Gasteiger partial charge in [-0.25, -0.2) is 0 Å². The molecule has 0 radical (unpaired) electrons. The number of benzene rings is 2. The van der Waals surface area contributed by atoms with Crippen molar-refractivity contribution < 1.29 is 14.3 Å². The third-order valence-corrected chi connectivity index (χ3v) is 4.29. The number of aryl methyl sites for hydroxylation is 1. The first kappa shape index (κ1) is 16.1. The van der Waals surface area contributed by atoms with Gasteiger partial charge in [0.1, 0.15) is 5.75 Å². The number of hydrogen-bond donors (Lipinski definition) is 1. The summed E-state index contributed by atoms with van der Waals surface area (Å²) in [5, 5.41) is 2.92. The number of nitrogens with zero attached hydrogens (tertiary/aromatic N) is 1. The summed E-state index contributed by atoms with van der Waals surface area (Å²) in [5.41, 5.74) is 3.62. The van der Waals surface area contributed by atoms with Gasteiger partial charge in [0.05, 0.1) is 12.7 Å². The van der Waals surface area contributed by atoms with Crippen molar-refractivity contribution in [2.75, 3.05) is 19.1 Å². The lowest BCUT2D eigenvalue weighted by atomic mass is 9.99. The van der Waals surface area contributed by atoms with Gasteiger partial charge in [0, 0.05) is 25.7 Å². The van der Waals surface area contributed by atoms with Gasteiger partial charge in [-0.2, -0.15) is 0 Å². The number of methoxy groups -OCH3 is 1. The Bertz CT molecular complexity index is 786. The molecule has 0 atom stereocenters. The molecular weight excluding hydrogens is 304 g/mol. The maximum Gasteiger partial charge on any atom is 0.255 e. The highest BCUT2D eigenvalue weighted by atomic mass is 16.5. The molecule has 0 spiro atoms. The Morgan fingerprint density at radius 2 is 2.00 bits per heavy atom. The van der Waals surface area contributed by atoms with Crippen LogP contribution >= 0.6 is 0 Å². The Balaban J connectivity index is 1.71. The van der Waals surface area contributed by atoms with Crippen molar-refractivity contribution in [1.82, 2.24) is 5.32 Å². The summed E-state index contributed by atoms with van der Waals surface area (Å²) in [6, 6.07) is 13.1. The molecule has 0 saturated heterocycles. The van der Waals surface area contributed by atoms with E-state index in [2.05, 4.69) is 11.4 Å². The van der Waals surface area contributed by atoms with Crippen LogP contribution in [-0.2, 0) is 17.8 Å². The van der Waals surface area contributed by atoms with Crippen LogP contribution in [0.4, 0.5) is 5.69 Å². The van der Waals surface area contributed by atoms with E-state index in [1.807, 2.05) is 24.3 Å². The van der Waals surface area contributed by atoms with E-state index in [0.717, 1.165) is 23.2 Å². The van der Waals surface area contributed by atoms with Crippen LogP contribution in [0.25, 0.3) is 0 Å². The second-order valence-corrected chi connectivity index (χ2v) is 5.80. The smallest absolute Gasteiger partial charge is 0.255 e. The summed E-state index contributed by atoms with van der Waals surface area (Å²) in [5.74, 6) is 0.526. The minimum atomic E-state index is -0.169. The second-order valence-electron chi connectivity index (χ2n) is 5.80. The van der Waals surface area contributed by atoms with Gasteiger partial charge in [-0.05, 0) is 35.7 Å². The summed E-state index contributed by atoms with van der Waals surface area (Å²) in [4.78, 5) is 25.8. The van der Waals surface area contributed by atoms with Gasteiger partial charge in [-0.3, -0.25) is 9.59 Å². The molecule has 2 amide bonds. The van der Waals surface area contributed by atoms with Crippen LogP contribution in [0.3, 0.4) is 0 Å². The van der Waals surface area contributed by atoms with Gasteiger partial charge in [-0.1, -0.05) is 24.3 Å². The molecule has 0 aliphatic carbocycles. The average molecular weight is 324 g/mol. The van der Waals surface area contributed by atoms with Crippen molar-refractivity contribution in [1.29, 1.82) is 0 Å². The molecule has 0 unspecified atom stereocenters. The molecule has 0 aromatic heterocycles. The van der Waals surface area contributed by atoms with Crippen LogP contribution in [-0.4, -0.2) is 26.0 Å². The van der Waals surface area contributed by atoms with E-state index in [9.17, 15) is 9.59 Å². The molecule has 24 heavy (non-hydrogen) atoms. The number of nitrogens with one attached hydrogen (secondary N) is 1. The number of carbonyl (C=O) groups is 2. The van der Waals surface area contributed by atoms with Crippen LogP contribution < -0.4 is 15.0 Å². The standard InChI is InChI=1S/C19H20N2O3/c1-21-16-9-7-13(11-14(16)8-10-18(21)22)12-20-19(23)15-5-3-4-6-17(15)24-2/h3-7,9,11H,8,10,12H2,1-2H3,(H,20,23). The first-order chi connectivity index (χ1) is 11.6. The summed E-state index contributed by atoms with van der Waals surface area (Å²) in [6.45, 7) is 0.432. The van der Waals surface area contributed by atoms with E-state index in [4.69, 9.17) is 4.74 Å². The van der Waals surface area contributed by atoms with Crippen molar-refractivity contribution in [3.05, 3.63) is 59.2 Å². The molecule has 2 aromatic carbocycles. The Morgan fingerprint density at radius 3 is 2.79 bits per heavy atom. The van der Waals surface area contributed by atoms with E-state index in [1.165, 1.54) is 0 Å². The first-order valence-corrected chi connectivity index (χ1v) is 7.89. The lowest BCUT2D eigenvalue weighted by Crippen LogP contribution is -2.31. The van der Waals surface area contributed by atoms with Crippen molar-refractivity contribution in [3.63, 3.8) is 0 Å². The molecular formula is C19H20N2O3. The van der Waals surface area contributed by atoms with Gasteiger partial charge in [-0.15, -0.1) is 0 Å². The molecule has 0 saturated carbocycles. The van der Waals surface area contributed by atoms with Crippen LogP contribution in [0.15, 0.2) is 42.5 Å². The van der Waals surface area contributed by atoms with Gasteiger partial charge in [0.25, 0.3) is 5.91 Å². The van der Waals surface area contributed by atoms with Crippen LogP contribution in [0.1, 0.15) is 27.9 Å². The summed E-state index contributed by atoms with van der Waals surface area (Å²) in [6.07, 6.45) is 1.27. The summed E-state index contributed by atoms with van der Waals surface area (Å²) >= 11 is 0. The Hall–Kier alpha value is -2.82. The largest absolute Gasteiger partial charge is 0.496 e. The van der Waals surface area contributed by atoms with E-state index >= 15 is 0 Å². The zero-order chi connectivity index (χ0) is 17.1. The molecule has 3 rings (SSSR count). The number of ether oxygens (including phenoxy) is 1. The van der Waals surface area contributed by atoms with Crippen molar-refractivity contribution >= 4 is 17.5 Å². The molecule has 0 bridgehead atoms. The maximum absolute atomic E-state index is 12.3. The monoisotopic (exact) mass is 324 g/mol. The quantitative estimate of drug-likeness (QED) is 0.940. The van der Waals surface area contributed by atoms with E-state index in [0.29, 0.717) is 24.3 Å². The molecule has 124 valence electrons. The molecule has 1 N–H and O–H groups in total. The number of carbonyl (C=O) groups excluding carboxylic acids is 2. The van der Waals surface area contributed by atoms with E-state index < -0.39 is 0 Å². The fraction of sp³-hybridized carbons (Fsp3) is 0.263. The van der Waals surface area contributed by atoms with Gasteiger partial charge < -0.3 is 15.0 Å². The third kappa shape index (κ3) is 3.11. The number of para-hydroxylation sites is 1. The molecule has 2 aromatic rings. The van der Waals surface area contributed by atoms with Crippen LogP contribution in [0, 0.1) is 0 Å². The minimum absolute atomic E-state index is 0.139. The summed E-state index contributed by atoms with van der Waals surface area (Å²) < 4.78 is 5.22. The minimum Gasteiger partial charge on any atom is -0.496 e. The van der Waals surface area contributed by atoms with Gasteiger partial charge in [0.2, 0.25) is 5.91 Å². The zero-order valence-electron chi connectivity index (χ0n) is 13.8. The van der Waals surface area contributed by atoms with Crippen molar-refractivity contribution in [2.45, 2.75) is 19.4 Å². The number of anilines is 1. The lowest BCUT2D eigenvalue weighted by Gasteiger charge is -2.26. The third-order valence-electron chi connectivity index (χ3n) is 4.29. The SMILES string of the molecule is COc1ccccc1C(=O)NCc1ccc2c(c1)CCC(=O)N2C. The highest BCUT2D eigenvalue weighted by Gasteiger charge is 2.20. The lowest BCUT2D eigenvalue weighted by molar-refractivity contribution is -0.118. The van der Waals surface area contributed by atoms with Crippen LogP contribution in [0.2, 0.25) is 0 Å². The topological polar surface area (TPSA) is 58.6 Å². The molecule has 1 aliphatic heterocycles. The fourth-order valence-corrected chi connectivity index (χ4v) is 2.93. The van der Waals surface area contributed by atoms with Gasteiger partial charge >= 0.3 is 0 Å². The van der Waals surface area contributed by atoms with Crippen LogP contribution in [0.5, 0.6) is 5.75 Å². The summed E-state index contributed by atoms with van der Waals surface area (Å²) in [7, 11) is 3.34. The molecule has 1 aliphatic rings. The molecule has 5 nitrogen and oxygen atoms in total. The number of fused-ring (bicyclic) bond motifs is 1. The molecule has 5 heteroatoms. The Morgan fingerprint density at radius 1 is 1.21 bits per heavy atom. The highest BCUT2D eigenvalue weighted by Crippen LogP contribution is 2.27. The molecule has 1 heterocycles. The Labute approximate surface area is 141 Å². The average Bonchev–Trinajstić information content (AvgIpc) is 2.62.